The van der Waals surface area contributed by atoms with Crippen LogP contribution in [0.25, 0.3) is 0 Å². The van der Waals surface area contributed by atoms with Gasteiger partial charge in [0, 0.05) is 26.1 Å². The van der Waals surface area contributed by atoms with Crippen molar-refractivity contribution in [2.24, 2.45) is 7.05 Å². The van der Waals surface area contributed by atoms with Gasteiger partial charge >= 0.3 is 0 Å². The second kappa shape index (κ2) is 8.27. The quantitative estimate of drug-likeness (QED) is 0.797. The summed E-state index contributed by atoms with van der Waals surface area (Å²) in [5.41, 5.74) is 0. The second-order valence-electron chi connectivity index (χ2n) is 7.79. The molecule has 2 fully saturated rings. The number of carbonyl (C=O) groups is 1. The van der Waals surface area contributed by atoms with Crippen LogP contribution in [0.3, 0.4) is 0 Å². The van der Waals surface area contributed by atoms with E-state index in [0.717, 1.165) is 44.1 Å². The van der Waals surface area contributed by atoms with Crippen LogP contribution in [0.5, 0.6) is 0 Å². The lowest BCUT2D eigenvalue weighted by Gasteiger charge is -2.33. The minimum absolute atomic E-state index is 0.213. The molecule has 7 heteroatoms. The number of hydrogen-bond acceptors (Lipinski definition) is 5. The fraction of sp³-hybridized carbons (Fsp3) is 0.833. The first-order valence-electron chi connectivity index (χ1n) is 9.57. The zero-order chi connectivity index (χ0) is 17.8. The van der Waals surface area contributed by atoms with Gasteiger partial charge in [-0.3, -0.25) is 9.69 Å². The van der Waals surface area contributed by atoms with Crippen molar-refractivity contribution < 1.29 is 4.79 Å². The average molecular weight is 348 g/mol. The number of aromatic nitrogens is 3. The van der Waals surface area contributed by atoms with Gasteiger partial charge in [-0.1, -0.05) is 6.42 Å². The van der Waals surface area contributed by atoms with E-state index in [0.29, 0.717) is 12.5 Å². The highest BCUT2D eigenvalue weighted by Gasteiger charge is 2.28. The Balaban J connectivity index is 1.64. The fourth-order valence-corrected chi connectivity index (χ4v) is 3.97. The minimum atomic E-state index is 0.213. The highest BCUT2D eigenvalue weighted by molar-refractivity contribution is 5.78. The van der Waals surface area contributed by atoms with Crippen molar-refractivity contribution >= 4 is 5.91 Å². The number of likely N-dealkylation sites (tertiary alicyclic amines) is 2. The van der Waals surface area contributed by atoms with E-state index < -0.39 is 0 Å². The van der Waals surface area contributed by atoms with E-state index in [4.69, 9.17) is 0 Å². The van der Waals surface area contributed by atoms with Crippen molar-refractivity contribution in [3.05, 3.63) is 11.6 Å². The van der Waals surface area contributed by atoms with Crippen LogP contribution < -0.4 is 0 Å². The Morgan fingerprint density at radius 2 is 1.88 bits per heavy atom. The molecule has 25 heavy (non-hydrogen) atoms. The van der Waals surface area contributed by atoms with Crippen molar-refractivity contribution in [1.82, 2.24) is 29.5 Å². The molecule has 3 heterocycles. The Bertz CT molecular complexity index is 578. The predicted octanol–water partition coefficient (Wildman–Crippen LogP) is 1.07. The number of nitrogens with zero attached hydrogens (tertiary/aromatic N) is 6. The molecule has 0 radical (unpaired) electrons. The maximum Gasteiger partial charge on any atom is 0.236 e. The van der Waals surface area contributed by atoms with Crippen LogP contribution in [0.4, 0.5) is 0 Å². The van der Waals surface area contributed by atoms with Crippen LogP contribution in [0.1, 0.15) is 49.7 Å². The molecule has 0 aliphatic carbocycles. The van der Waals surface area contributed by atoms with Crippen molar-refractivity contribution in [3.8, 4) is 0 Å². The van der Waals surface area contributed by atoms with Crippen LogP contribution in [0, 0.1) is 0 Å². The van der Waals surface area contributed by atoms with Crippen LogP contribution in [0.2, 0.25) is 0 Å². The summed E-state index contributed by atoms with van der Waals surface area (Å²) < 4.78 is 2.17. The molecule has 3 rings (SSSR count). The standard InChI is InChI=1S/C18H32N6O/c1-21(2)14-17(25)24-11-7-8-15(12-24)18-20-19-16(22(18)3)13-23-9-5-4-6-10-23/h15H,4-14H2,1-3H3/t15-/m0/s1. The third kappa shape index (κ3) is 4.58. The number of hydrogen-bond donors (Lipinski definition) is 0. The number of piperidine rings is 2. The lowest BCUT2D eigenvalue weighted by molar-refractivity contribution is -0.133. The smallest absolute Gasteiger partial charge is 0.236 e. The maximum absolute atomic E-state index is 12.4. The first-order chi connectivity index (χ1) is 12.0. The molecule has 0 unspecified atom stereocenters. The highest BCUT2D eigenvalue weighted by atomic mass is 16.2. The van der Waals surface area contributed by atoms with Crippen molar-refractivity contribution in [3.63, 3.8) is 0 Å². The van der Waals surface area contributed by atoms with Gasteiger partial charge in [0.25, 0.3) is 0 Å². The van der Waals surface area contributed by atoms with Crippen molar-refractivity contribution in [1.29, 1.82) is 0 Å². The molecular formula is C18H32N6O. The monoisotopic (exact) mass is 348 g/mol. The molecule has 2 saturated heterocycles. The summed E-state index contributed by atoms with van der Waals surface area (Å²) in [6.45, 7) is 5.33. The normalized spacial score (nSPS) is 22.6. The zero-order valence-corrected chi connectivity index (χ0v) is 15.9. The van der Waals surface area contributed by atoms with Crippen LogP contribution >= 0.6 is 0 Å². The SMILES string of the molecule is CN(C)CC(=O)N1CCC[C@H](c2nnc(CN3CCCCC3)n2C)C1. The summed E-state index contributed by atoms with van der Waals surface area (Å²) in [4.78, 5) is 18.8. The summed E-state index contributed by atoms with van der Waals surface area (Å²) in [6.07, 6.45) is 6.05. The molecule has 0 saturated carbocycles. The molecule has 1 amide bonds. The molecule has 140 valence electrons. The molecule has 2 aliphatic rings. The number of amides is 1. The first-order valence-corrected chi connectivity index (χ1v) is 9.57. The Labute approximate surface area is 151 Å². The predicted molar refractivity (Wildman–Crippen MR) is 97.2 cm³/mol. The van der Waals surface area contributed by atoms with Gasteiger partial charge in [0.05, 0.1) is 13.1 Å². The highest BCUT2D eigenvalue weighted by Crippen LogP contribution is 2.26. The molecule has 1 aromatic rings. The van der Waals surface area contributed by atoms with Crippen LogP contribution in [0.15, 0.2) is 0 Å². The summed E-state index contributed by atoms with van der Waals surface area (Å²) in [7, 11) is 5.96. The Hall–Kier alpha value is -1.47. The molecule has 1 aromatic heterocycles. The number of likely N-dealkylation sites (N-methyl/N-ethyl adjacent to an activating group) is 1. The Morgan fingerprint density at radius 3 is 2.60 bits per heavy atom. The summed E-state index contributed by atoms with van der Waals surface area (Å²) in [6, 6.07) is 0. The third-order valence-corrected chi connectivity index (χ3v) is 5.40. The Morgan fingerprint density at radius 1 is 1.12 bits per heavy atom. The van der Waals surface area contributed by atoms with Gasteiger partial charge in [-0.2, -0.15) is 0 Å². The topological polar surface area (TPSA) is 57.5 Å². The van der Waals surface area contributed by atoms with Gasteiger partial charge in [-0.05, 0) is 52.9 Å². The molecule has 0 spiro atoms. The molecule has 0 N–H and O–H groups in total. The van der Waals surface area contributed by atoms with Crippen molar-refractivity contribution in [2.45, 2.75) is 44.6 Å². The molecule has 2 aliphatic heterocycles. The summed E-state index contributed by atoms with van der Waals surface area (Å²) in [5, 5.41) is 8.96. The lowest BCUT2D eigenvalue weighted by atomic mass is 9.97. The van der Waals surface area contributed by atoms with Gasteiger partial charge < -0.3 is 14.4 Å². The molecule has 0 bridgehead atoms. The first kappa shape index (κ1) is 18.3. The van der Waals surface area contributed by atoms with Gasteiger partial charge in [-0.15, -0.1) is 10.2 Å². The molecule has 1 atom stereocenters. The largest absolute Gasteiger partial charge is 0.341 e. The number of rotatable bonds is 5. The summed E-state index contributed by atoms with van der Waals surface area (Å²) in [5.74, 6) is 2.60. The minimum Gasteiger partial charge on any atom is -0.341 e. The molecule has 0 aromatic carbocycles. The van der Waals surface area contributed by atoms with Gasteiger partial charge in [-0.25, -0.2) is 0 Å². The number of carbonyl (C=O) groups excluding carboxylic acids is 1. The van der Waals surface area contributed by atoms with E-state index in [1.54, 1.807) is 0 Å². The fourth-order valence-electron chi connectivity index (χ4n) is 3.97. The van der Waals surface area contributed by atoms with E-state index in [9.17, 15) is 4.79 Å². The summed E-state index contributed by atoms with van der Waals surface area (Å²) >= 11 is 0. The van der Waals surface area contributed by atoms with Crippen LogP contribution in [-0.2, 0) is 18.4 Å². The Kier molecular flexibility index (Phi) is 6.06. The second-order valence-corrected chi connectivity index (χ2v) is 7.79. The maximum atomic E-state index is 12.4. The van der Waals surface area contributed by atoms with E-state index in [2.05, 4.69) is 26.7 Å². The van der Waals surface area contributed by atoms with Crippen molar-refractivity contribution in [2.75, 3.05) is 46.8 Å². The molecule has 7 nitrogen and oxygen atoms in total. The third-order valence-electron chi connectivity index (χ3n) is 5.40. The average Bonchev–Trinajstić information content (AvgIpc) is 2.96. The van der Waals surface area contributed by atoms with Gasteiger partial charge in [0.15, 0.2) is 0 Å². The van der Waals surface area contributed by atoms with E-state index in [-0.39, 0.29) is 5.91 Å². The van der Waals surface area contributed by atoms with Gasteiger partial charge in [0.2, 0.25) is 5.91 Å². The lowest BCUT2D eigenvalue weighted by Crippen LogP contribution is -2.43. The van der Waals surface area contributed by atoms with E-state index in [1.165, 1.54) is 32.4 Å². The van der Waals surface area contributed by atoms with Gasteiger partial charge in [0.1, 0.15) is 11.6 Å². The zero-order valence-electron chi connectivity index (χ0n) is 15.9. The van der Waals surface area contributed by atoms with E-state index in [1.807, 2.05) is 23.9 Å². The van der Waals surface area contributed by atoms with E-state index >= 15 is 0 Å². The molecular weight excluding hydrogens is 316 g/mol. The van der Waals surface area contributed by atoms with Crippen LogP contribution in [-0.4, -0.2) is 82.2 Å².